The first-order chi connectivity index (χ1) is 4.61. The lowest BCUT2D eigenvalue weighted by molar-refractivity contribution is 0.135. The maximum atomic E-state index is 11.9. The predicted molar refractivity (Wildman–Crippen MR) is 30.7 cm³/mol. The van der Waals surface area contributed by atoms with E-state index >= 15 is 0 Å². The molecule has 0 aromatic carbocycles. The summed E-state index contributed by atoms with van der Waals surface area (Å²) in [5.74, 6) is 0.0929. The van der Waals surface area contributed by atoms with Crippen LogP contribution in [0.25, 0.3) is 0 Å². The van der Waals surface area contributed by atoms with Crippen LogP contribution in [0.2, 0.25) is 0 Å². The molecule has 1 aromatic heterocycles. The Morgan fingerprint density at radius 2 is 2.10 bits per heavy atom. The van der Waals surface area contributed by atoms with Crippen molar-refractivity contribution in [2.75, 3.05) is 0 Å². The molecule has 0 spiro atoms. The largest absolute Gasteiger partial charge is 0.297 e. The lowest BCUT2D eigenvalue weighted by atomic mass is 10.6. The van der Waals surface area contributed by atoms with Gasteiger partial charge in [0.1, 0.15) is 5.82 Å². The molecule has 10 heavy (non-hydrogen) atoms. The molecule has 0 saturated carbocycles. The van der Waals surface area contributed by atoms with Crippen LogP contribution in [0.15, 0.2) is 0 Å². The molecule has 0 N–H and O–H groups in total. The molecule has 0 aliphatic heterocycles. The quantitative estimate of drug-likeness (QED) is 0.594. The Morgan fingerprint density at radius 1 is 1.50 bits per heavy atom. The van der Waals surface area contributed by atoms with E-state index in [0.717, 1.165) is 4.68 Å². The van der Waals surface area contributed by atoms with Gasteiger partial charge in [0.2, 0.25) is 0 Å². The molecule has 0 unspecified atom stereocenters. The van der Waals surface area contributed by atoms with E-state index < -0.39 is 6.43 Å². The molecule has 1 aromatic rings. The zero-order chi connectivity index (χ0) is 7.72. The van der Waals surface area contributed by atoms with Crippen molar-refractivity contribution < 1.29 is 8.78 Å². The molecule has 0 bridgehead atoms. The van der Waals surface area contributed by atoms with Crippen LogP contribution >= 0.6 is 0 Å². The third-order valence-electron chi connectivity index (χ3n) is 1.10. The van der Waals surface area contributed by atoms with Crippen LogP contribution in [0.4, 0.5) is 8.78 Å². The number of nitrogens with zero attached hydrogens (tertiary/aromatic N) is 3. The summed E-state index contributed by atoms with van der Waals surface area (Å²) < 4.78 is 24.9. The molecule has 0 aliphatic rings. The summed E-state index contributed by atoms with van der Waals surface area (Å²) in [5, 5.41) is 3.66. The Bertz CT molecular complexity index is 231. The average molecular weight is 147 g/mol. The minimum Gasteiger partial charge on any atom is -0.248 e. The Labute approximate surface area is 56.7 Å². The van der Waals surface area contributed by atoms with Gasteiger partial charge >= 0.3 is 0 Å². The molecule has 5 heteroatoms. The summed E-state index contributed by atoms with van der Waals surface area (Å²) >= 11 is 0. The Kier molecular flexibility index (Phi) is 1.65. The maximum Gasteiger partial charge on any atom is 0.297 e. The highest BCUT2D eigenvalue weighted by Gasteiger charge is 2.13. The monoisotopic (exact) mass is 147 g/mol. The van der Waals surface area contributed by atoms with Crippen LogP contribution in [0.5, 0.6) is 0 Å². The van der Waals surface area contributed by atoms with Crippen molar-refractivity contribution in [2.45, 2.75) is 13.3 Å². The van der Waals surface area contributed by atoms with Gasteiger partial charge < -0.3 is 0 Å². The fourth-order valence-corrected chi connectivity index (χ4v) is 0.719. The van der Waals surface area contributed by atoms with Gasteiger partial charge in [-0.15, -0.1) is 0 Å². The predicted octanol–water partition coefficient (Wildman–Crippen LogP) is 1.06. The fourth-order valence-electron chi connectivity index (χ4n) is 0.719. The summed E-state index contributed by atoms with van der Waals surface area (Å²) in [6, 6.07) is 0. The maximum absolute atomic E-state index is 11.9. The topological polar surface area (TPSA) is 30.7 Å². The van der Waals surface area contributed by atoms with Gasteiger partial charge in [-0.3, -0.25) is 0 Å². The number of aromatic nitrogens is 3. The molecular weight excluding hydrogens is 140 g/mol. The van der Waals surface area contributed by atoms with Crippen LogP contribution < -0.4 is 0 Å². The first kappa shape index (κ1) is 7.11. The van der Waals surface area contributed by atoms with E-state index in [4.69, 9.17) is 0 Å². The molecule has 0 atom stereocenters. The molecular formula is C5H7F2N3. The van der Waals surface area contributed by atoms with Crippen molar-refractivity contribution in [1.82, 2.24) is 14.8 Å². The molecule has 1 rings (SSSR count). The summed E-state index contributed by atoms with van der Waals surface area (Å²) in [5.41, 5.74) is 0. The summed E-state index contributed by atoms with van der Waals surface area (Å²) in [6.45, 7) is 1.58. The lowest BCUT2D eigenvalue weighted by Crippen LogP contribution is -1.98. The third kappa shape index (κ3) is 1.12. The first-order valence-electron chi connectivity index (χ1n) is 2.77. The van der Waals surface area contributed by atoms with E-state index in [0.29, 0.717) is 5.82 Å². The van der Waals surface area contributed by atoms with Crippen molar-refractivity contribution in [3.63, 3.8) is 0 Å². The zero-order valence-electron chi connectivity index (χ0n) is 5.67. The van der Waals surface area contributed by atoms with E-state index in [1.807, 2.05) is 0 Å². The normalized spacial score (nSPS) is 10.9. The second-order valence-electron chi connectivity index (χ2n) is 1.94. The van der Waals surface area contributed by atoms with Crippen molar-refractivity contribution in [1.29, 1.82) is 0 Å². The average Bonchev–Trinajstić information content (AvgIpc) is 2.10. The van der Waals surface area contributed by atoms with Gasteiger partial charge in [-0.1, -0.05) is 0 Å². The highest BCUT2D eigenvalue weighted by Crippen LogP contribution is 2.14. The SMILES string of the molecule is Cc1nc(C(F)F)n(C)n1. The fraction of sp³-hybridized carbons (Fsp3) is 0.600. The van der Waals surface area contributed by atoms with Gasteiger partial charge in [0, 0.05) is 7.05 Å². The Hall–Kier alpha value is -1.00. The van der Waals surface area contributed by atoms with Gasteiger partial charge in [-0.05, 0) is 6.92 Å². The molecule has 0 aliphatic carbocycles. The molecule has 0 amide bonds. The van der Waals surface area contributed by atoms with Crippen LogP contribution in [-0.2, 0) is 7.05 Å². The molecule has 3 nitrogen and oxygen atoms in total. The van der Waals surface area contributed by atoms with Crippen molar-refractivity contribution >= 4 is 0 Å². The van der Waals surface area contributed by atoms with E-state index in [1.165, 1.54) is 7.05 Å². The van der Waals surface area contributed by atoms with Gasteiger partial charge in [0.15, 0.2) is 5.82 Å². The van der Waals surface area contributed by atoms with Crippen LogP contribution in [0.1, 0.15) is 18.1 Å². The second-order valence-corrected chi connectivity index (χ2v) is 1.94. The molecule has 0 saturated heterocycles. The van der Waals surface area contributed by atoms with Crippen LogP contribution in [0, 0.1) is 6.92 Å². The second kappa shape index (κ2) is 2.32. The number of alkyl halides is 2. The Morgan fingerprint density at radius 3 is 2.30 bits per heavy atom. The lowest BCUT2D eigenvalue weighted by Gasteiger charge is -1.94. The Balaban J connectivity index is 3.03. The summed E-state index contributed by atoms with van der Waals surface area (Å²) in [4.78, 5) is 3.51. The van der Waals surface area contributed by atoms with Crippen molar-refractivity contribution in [3.05, 3.63) is 11.6 Å². The van der Waals surface area contributed by atoms with E-state index in [1.54, 1.807) is 6.92 Å². The highest BCUT2D eigenvalue weighted by atomic mass is 19.3. The number of rotatable bonds is 1. The number of hydrogen-bond donors (Lipinski definition) is 0. The van der Waals surface area contributed by atoms with Crippen LogP contribution in [-0.4, -0.2) is 14.8 Å². The number of halogens is 2. The minimum atomic E-state index is -2.54. The van der Waals surface area contributed by atoms with E-state index in [2.05, 4.69) is 10.1 Å². The summed E-state index contributed by atoms with van der Waals surface area (Å²) in [6.07, 6.45) is -2.54. The van der Waals surface area contributed by atoms with Gasteiger partial charge in [0.25, 0.3) is 6.43 Å². The molecule has 0 radical (unpaired) electrons. The van der Waals surface area contributed by atoms with E-state index in [-0.39, 0.29) is 5.82 Å². The third-order valence-corrected chi connectivity index (χ3v) is 1.10. The van der Waals surface area contributed by atoms with Gasteiger partial charge in [0.05, 0.1) is 0 Å². The zero-order valence-corrected chi connectivity index (χ0v) is 5.67. The summed E-state index contributed by atoms with van der Waals surface area (Å²) in [7, 11) is 1.45. The van der Waals surface area contributed by atoms with Crippen molar-refractivity contribution in [3.8, 4) is 0 Å². The standard InChI is InChI=1S/C5H7F2N3/c1-3-8-5(4(6)7)10(2)9-3/h4H,1-2H3. The van der Waals surface area contributed by atoms with Gasteiger partial charge in [-0.2, -0.15) is 5.10 Å². The number of hydrogen-bond acceptors (Lipinski definition) is 2. The minimum absolute atomic E-state index is 0.280. The number of aryl methyl sites for hydroxylation is 2. The molecule has 56 valence electrons. The smallest absolute Gasteiger partial charge is 0.248 e. The first-order valence-corrected chi connectivity index (χ1v) is 2.77. The molecule has 0 fully saturated rings. The highest BCUT2D eigenvalue weighted by molar-refractivity contribution is 4.90. The van der Waals surface area contributed by atoms with Crippen molar-refractivity contribution in [2.24, 2.45) is 7.05 Å². The molecule has 1 heterocycles. The van der Waals surface area contributed by atoms with E-state index in [9.17, 15) is 8.78 Å². The van der Waals surface area contributed by atoms with Gasteiger partial charge in [-0.25, -0.2) is 18.4 Å². The van der Waals surface area contributed by atoms with Crippen LogP contribution in [0.3, 0.4) is 0 Å².